The fourth-order valence-electron chi connectivity index (χ4n) is 5.13. The first kappa shape index (κ1) is 26.3. The molecule has 2 fully saturated rings. The van der Waals surface area contributed by atoms with Gasteiger partial charge in [-0.1, -0.05) is 0 Å². The van der Waals surface area contributed by atoms with Gasteiger partial charge in [-0.25, -0.2) is 9.67 Å². The van der Waals surface area contributed by atoms with Gasteiger partial charge < -0.3 is 15.2 Å². The van der Waals surface area contributed by atoms with Gasteiger partial charge in [0.25, 0.3) is 5.91 Å². The van der Waals surface area contributed by atoms with Gasteiger partial charge in [0.15, 0.2) is 5.82 Å². The summed E-state index contributed by atoms with van der Waals surface area (Å²) in [5.74, 6) is -0.280. The molecule has 0 spiro atoms. The molecule has 2 aliphatic rings. The summed E-state index contributed by atoms with van der Waals surface area (Å²) >= 11 is 0. The highest BCUT2D eigenvalue weighted by molar-refractivity contribution is 6.04. The van der Waals surface area contributed by atoms with Crippen LogP contribution >= 0.6 is 0 Å². The third-order valence-electron chi connectivity index (χ3n) is 7.39. The van der Waals surface area contributed by atoms with E-state index in [1.165, 1.54) is 23.1 Å². The molecule has 5 rings (SSSR count). The van der Waals surface area contributed by atoms with E-state index in [-0.39, 0.29) is 11.4 Å². The minimum Gasteiger partial charge on any atom is -0.384 e. The fraction of sp³-hybridized carbons (Fsp3) is 0.462. The molecule has 0 radical (unpaired) electrons. The van der Waals surface area contributed by atoms with Crippen molar-refractivity contribution in [1.29, 1.82) is 0 Å². The predicted molar refractivity (Wildman–Crippen MR) is 132 cm³/mol. The molecule has 0 bridgehead atoms. The molecule has 1 aliphatic heterocycles. The van der Waals surface area contributed by atoms with E-state index in [0.717, 1.165) is 51.4 Å². The Bertz CT molecular complexity index is 1260. The van der Waals surface area contributed by atoms with Crippen LogP contribution in [0, 0.1) is 6.92 Å². The van der Waals surface area contributed by atoms with Crippen LogP contribution in [0.15, 0.2) is 42.9 Å². The standard InChI is InChI=1S/C26H29F3N6O3/c1-17-21(16-32-35(17)23-5-2-18(14-31-23)26(27,28)29)24(36)33-19-3-4-22(30-15-19)25(37)8-6-20(7-9-25)34-10-12-38-13-11-34/h2-5,14-16,20,37H,6-13H2,1H3,(H,33,36). The molecule has 3 aromatic rings. The van der Waals surface area contributed by atoms with Gasteiger partial charge in [-0.2, -0.15) is 18.3 Å². The Labute approximate surface area is 217 Å². The molecule has 202 valence electrons. The lowest BCUT2D eigenvalue weighted by molar-refractivity contribution is -0.137. The highest BCUT2D eigenvalue weighted by Crippen LogP contribution is 2.38. The van der Waals surface area contributed by atoms with Crippen LogP contribution in [0.1, 0.15) is 53.0 Å². The summed E-state index contributed by atoms with van der Waals surface area (Å²) in [7, 11) is 0. The van der Waals surface area contributed by atoms with Gasteiger partial charge in [0.2, 0.25) is 0 Å². The molecule has 1 saturated heterocycles. The lowest BCUT2D eigenvalue weighted by Crippen LogP contribution is -2.47. The average molecular weight is 531 g/mol. The summed E-state index contributed by atoms with van der Waals surface area (Å²) in [6.07, 6.45) is 2.08. The van der Waals surface area contributed by atoms with Gasteiger partial charge in [-0.15, -0.1) is 0 Å². The molecular formula is C26H29F3N6O3. The maximum atomic E-state index is 12.9. The number of carbonyl (C=O) groups is 1. The minimum absolute atomic E-state index is 0.164. The summed E-state index contributed by atoms with van der Waals surface area (Å²) in [6.45, 7) is 4.98. The Morgan fingerprint density at radius 3 is 2.42 bits per heavy atom. The molecule has 9 nitrogen and oxygen atoms in total. The van der Waals surface area contributed by atoms with Crippen LogP contribution in [0.2, 0.25) is 0 Å². The van der Waals surface area contributed by atoms with Crippen molar-refractivity contribution in [3.05, 3.63) is 65.4 Å². The number of nitrogens with one attached hydrogen (secondary N) is 1. The van der Waals surface area contributed by atoms with Crippen molar-refractivity contribution >= 4 is 11.6 Å². The molecular weight excluding hydrogens is 501 g/mol. The van der Waals surface area contributed by atoms with Crippen LogP contribution in [-0.4, -0.2) is 68.0 Å². The van der Waals surface area contributed by atoms with E-state index in [1.54, 1.807) is 19.1 Å². The molecule has 2 N–H and O–H groups in total. The second kappa shape index (κ2) is 10.4. The molecule has 0 unspecified atom stereocenters. The highest BCUT2D eigenvalue weighted by Gasteiger charge is 2.38. The van der Waals surface area contributed by atoms with Crippen molar-refractivity contribution in [3.8, 4) is 5.82 Å². The Morgan fingerprint density at radius 1 is 1.08 bits per heavy atom. The van der Waals surface area contributed by atoms with Crippen LogP contribution in [0.5, 0.6) is 0 Å². The number of morpholine rings is 1. The first-order chi connectivity index (χ1) is 18.1. The molecule has 4 heterocycles. The first-order valence-corrected chi connectivity index (χ1v) is 12.5. The largest absolute Gasteiger partial charge is 0.417 e. The maximum absolute atomic E-state index is 12.9. The number of amides is 1. The smallest absolute Gasteiger partial charge is 0.384 e. The van der Waals surface area contributed by atoms with Gasteiger partial charge in [0.1, 0.15) is 5.60 Å². The monoisotopic (exact) mass is 530 g/mol. The Hall–Kier alpha value is -3.35. The maximum Gasteiger partial charge on any atom is 0.417 e. The number of ether oxygens (including phenoxy) is 1. The predicted octanol–water partition coefficient (Wildman–Crippen LogP) is 3.70. The number of nitrogens with zero attached hydrogens (tertiary/aromatic N) is 5. The fourth-order valence-corrected chi connectivity index (χ4v) is 5.13. The zero-order valence-electron chi connectivity index (χ0n) is 20.9. The number of aliphatic hydroxyl groups is 1. The summed E-state index contributed by atoms with van der Waals surface area (Å²) in [5, 5.41) is 18.1. The number of anilines is 1. The van der Waals surface area contributed by atoms with Crippen LogP contribution in [0.3, 0.4) is 0 Å². The van der Waals surface area contributed by atoms with Gasteiger partial charge in [0, 0.05) is 25.3 Å². The summed E-state index contributed by atoms with van der Waals surface area (Å²) in [4.78, 5) is 23.6. The number of aromatic nitrogens is 4. The van der Waals surface area contributed by atoms with Gasteiger partial charge in [0.05, 0.1) is 53.8 Å². The second-order valence-electron chi connectivity index (χ2n) is 9.76. The molecule has 38 heavy (non-hydrogen) atoms. The number of pyridine rings is 2. The van der Waals surface area contributed by atoms with Crippen LogP contribution in [0.4, 0.5) is 18.9 Å². The normalized spacial score (nSPS) is 22.8. The molecule has 3 aromatic heterocycles. The molecule has 1 amide bonds. The number of hydrogen-bond donors (Lipinski definition) is 2. The topological polar surface area (TPSA) is 105 Å². The Kier molecular flexibility index (Phi) is 7.21. The van der Waals surface area contributed by atoms with E-state index in [0.29, 0.717) is 36.0 Å². The van der Waals surface area contributed by atoms with Crippen LogP contribution in [0.25, 0.3) is 5.82 Å². The van der Waals surface area contributed by atoms with E-state index in [2.05, 4.69) is 25.3 Å². The lowest BCUT2D eigenvalue weighted by Gasteiger charge is -2.41. The number of hydrogen-bond acceptors (Lipinski definition) is 7. The minimum atomic E-state index is -4.49. The summed E-state index contributed by atoms with van der Waals surface area (Å²) in [5.41, 5.74) is -0.175. The van der Waals surface area contributed by atoms with Crippen molar-refractivity contribution in [1.82, 2.24) is 24.6 Å². The van der Waals surface area contributed by atoms with E-state index < -0.39 is 23.2 Å². The van der Waals surface area contributed by atoms with Gasteiger partial charge in [-0.05, 0) is 56.9 Å². The first-order valence-electron chi connectivity index (χ1n) is 12.5. The lowest BCUT2D eigenvalue weighted by atomic mass is 9.79. The number of alkyl halides is 3. The van der Waals surface area contributed by atoms with Crippen molar-refractivity contribution in [2.45, 2.75) is 50.4 Å². The third kappa shape index (κ3) is 5.42. The Morgan fingerprint density at radius 2 is 1.82 bits per heavy atom. The molecule has 0 aromatic carbocycles. The zero-order chi connectivity index (χ0) is 26.9. The zero-order valence-corrected chi connectivity index (χ0v) is 20.9. The number of carbonyl (C=O) groups excluding carboxylic acids is 1. The SMILES string of the molecule is Cc1c(C(=O)Nc2ccc(C3(O)CCC(N4CCOCC4)CC3)nc2)cnn1-c1ccc(C(F)(F)F)cn1. The third-order valence-corrected chi connectivity index (χ3v) is 7.39. The number of halogens is 3. The molecule has 1 saturated carbocycles. The average Bonchev–Trinajstić information content (AvgIpc) is 3.31. The van der Waals surface area contributed by atoms with E-state index in [9.17, 15) is 23.1 Å². The Balaban J connectivity index is 1.22. The molecule has 12 heteroatoms. The number of rotatable bonds is 5. The summed E-state index contributed by atoms with van der Waals surface area (Å²) < 4.78 is 45.2. The van der Waals surface area contributed by atoms with Crippen LogP contribution < -0.4 is 5.32 Å². The molecule has 1 aliphatic carbocycles. The van der Waals surface area contributed by atoms with Crippen LogP contribution in [-0.2, 0) is 16.5 Å². The van der Waals surface area contributed by atoms with Crippen molar-refractivity contribution < 1.29 is 27.8 Å². The van der Waals surface area contributed by atoms with E-state index in [4.69, 9.17) is 4.74 Å². The summed E-state index contributed by atoms with van der Waals surface area (Å²) in [6, 6.07) is 5.99. The van der Waals surface area contributed by atoms with Gasteiger partial charge in [-0.3, -0.25) is 14.7 Å². The van der Waals surface area contributed by atoms with Crippen molar-refractivity contribution in [2.24, 2.45) is 0 Å². The van der Waals surface area contributed by atoms with E-state index >= 15 is 0 Å². The van der Waals surface area contributed by atoms with E-state index in [1.807, 2.05) is 0 Å². The van der Waals surface area contributed by atoms with Gasteiger partial charge >= 0.3 is 6.18 Å². The van der Waals surface area contributed by atoms with Crippen molar-refractivity contribution in [2.75, 3.05) is 31.6 Å². The molecule has 0 atom stereocenters. The quantitative estimate of drug-likeness (QED) is 0.518. The highest BCUT2D eigenvalue weighted by atomic mass is 19.4. The van der Waals surface area contributed by atoms with Crippen molar-refractivity contribution in [3.63, 3.8) is 0 Å². The second-order valence-corrected chi connectivity index (χ2v) is 9.76.